The summed E-state index contributed by atoms with van der Waals surface area (Å²) < 4.78 is 24.3. The third kappa shape index (κ3) is 7.68. The van der Waals surface area contributed by atoms with Crippen molar-refractivity contribution in [1.29, 1.82) is 0 Å². The van der Waals surface area contributed by atoms with E-state index in [4.69, 9.17) is 29.3 Å². The Bertz CT molecular complexity index is 2540. The molecule has 62 heavy (non-hydrogen) atoms. The van der Waals surface area contributed by atoms with Crippen LogP contribution in [-0.2, 0) is 14.3 Å². The number of anilines is 2. The fourth-order valence-corrected chi connectivity index (χ4v) is 8.82. The number of ketones is 1. The van der Waals surface area contributed by atoms with Crippen molar-refractivity contribution in [3.05, 3.63) is 69.6 Å². The van der Waals surface area contributed by atoms with E-state index in [0.29, 0.717) is 18.8 Å². The van der Waals surface area contributed by atoms with Crippen LogP contribution in [0.1, 0.15) is 70.3 Å². The van der Waals surface area contributed by atoms with E-state index in [9.17, 15) is 39.9 Å². The molecular weight excluding hydrogens is 801 g/mol. The van der Waals surface area contributed by atoms with Gasteiger partial charge in [-0.3, -0.25) is 14.4 Å². The maximum Gasteiger partial charge on any atom is 0.312 e. The van der Waals surface area contributed by atoms with Crippen molar-refractivity contribution < 1.29 is 53.7 Å². The number of aromatic nitrogens is 1. The van der Waals surface area contributed by atoms with Gasteiger partial charge in [-0.05, 0) is 32.8 Å². The Morgan fingerprint density at radius 1 is 0.935 bits per heavy atom. The number of piperidine rings is 1. The number of aliphatic hydroxyl groups is 3. The van der Waals surface area contributed by atoms with Gasteiger partial charge in [-0.25, -0.2) is 4.98 Å². The van der Waals surface area contributed by atoms with Crippen LogP contribution in [0.4, 0.5) is 11.4 Å². The first-order valence-electron chi connectivity index (χ1n) is 20.9. The number of Topliss-reactive ketones (excluding diaryl/α,β-unsaturated/α-hetero) is 1. The average molecular weight is 857 g/mol. The first kappa shape index (κ1) is 44.5. The summed E-state index contributed by atoms with van der Waals surface area (Å²) in [7, 11) is 1.43. The lowest BCUT2D eigenvalue weighted by Crippen LogP contribution is -2.44. The second-order valence-electron chi connectivity index (χ2n) is 17.3. The van der Waals surface area contributed by atoms with Crippen molar-refractivity contribution in [2.75, 3.05) is 30.4 Å². The van der Waals surface area contributed by atoms with E-state index in [1.54, 1.807) is 52.0 Å². The molecule has 4 heterocycles. The lowest BCUT2D eigenvalue weighted by molar-refractivity contribution is -0.112. The van der Waals surface area contributed by atoms with Crippen LogP contribution in [0.5, 0.6) is 17.2 Å². The summed E-state index contributed by atoms with van der Waals surface area (Å²) >= 11 is 0. The Labute approximate surface area is 358 Å². The van der Waals surface area contributed by atoms with Crippen LogP contribution >= 0.6 is 0 Å². The maximum absolute atomic E-state index is 14.7. The standard InChI is InChI=1S/C46H56N4O12/c1-20-10-9-11-21(2)45(58)49-36-41(56)32-31(35-43(36)61-30-19-27(18-28(51)34(30)48-35)50-15-12-26(47)13-16-50)33-42(25(6)40(32)55)62-46(7,44(33)57)60-17-14-29(59-8)22(3)38(53)24(5)39(54)23(4)37(20)52/h9-11,14,17-20,22-24,26,29,37-39,51-55H,12-13,15-16,47H2,1-8H3,(H,49,58)/b10-9+,17-14+,21-11-/t20-,22+,23+,24-,29-,37-,38+,39+,46-/m0/s1. The number of ether oxygens (including phenoxy) is 3. The second-order valence-corrected chi connectivity index (χ2v) is 17.3. The number of phenolic OH excluding ortho intramolecular Hbond substituents is 2. The summed E-state index contributed by atoms with van der Waals surface area (Å²) in [6, 6.07) is 3.25. The molecule has 332 valence electrons. The van der Waals surface area contributed by atoms with E-state index in [1.165, 1.54) is 46.3 Å². The van der Waals surface area contributed by atoms with Crippen molar-refractivity contribution in [1.82, 2.24) is 4.98 Å². The number of nitrogens with one attached hydrogen (secondary N) is 1. The van der Waals surface area contributed by atoms with Gasteiger partial charge in [0.1, 0.15) is 34.1 Å². The number of nitrogens with two attached hydrogens (primary N) is 1. The molecule has 5 aliphatic rings. The molecule has 0 radical (unpaired) electrons. The molecule has 2 aromatic rings. The molecule has 4 bridgehead atoms. The second kappa shape index (κ2) is 17.0. The van der Waals surface area contributed by atoms with Gasteiger partial charge in [0.15, 0.2) is 11.3 Å². The molecule has 1 amide bonds. The summed E-state index contributed by atoms with van der Waals surface area (Å²) in [5.41, 5.74) is 5.46. The van der Waals surface area contributed by atoms with Crippen molar-refractivity contribution in [2.45, 2.75) is 97.6 Å². The molecule has 4 aliphatic heterocycles. The molecule has 2 aromatic carbocycles. The highest BCUT2D eigenvalue weighted by Crippen LogP contribution is 2.51. The third-order valence-electron chi connectivity index (χ3n) is 13.1. The zero-order valence-corrected chi connectivity index (χ0v) is 36.1. The Balaban J connectivity index is 1.45. The van der Waals surface area contributed by atoms with E-state index in [1.807, 2.05) is 4.90 Å². The van der Waals surface area contributed by atoms with Gasteiger partial charge in [0.25, 0.3) is 11.7 Å². The van der Waals surface area contributed by atoms with Gasteiger partial charge in [0.05, 0.1) is 41.6 Å². The number of hydrogen-bond donors (Lipinski definition) is 7. The summed E-state index contributed by atoms with van der Waals surface area (Å²) in [5, 5.41) is 59.4. The van der Waals surface area contributed by atoms with Gasteiger partial charge in [-0.15, -0.1) is 0 Å². The number of rotatable bonds is 2. The fraction of sp³-hybridized carbons (Fsp3) is 0.478. The summed E-state index contributed by atoms with van der Waals surface area (Å²) in [5.74, 6) is -7.13. The monoisotopic (exact) mass is 856 g/mol. The van der Waals surface area contributed by atoms with Crippen LogP contribution in [0.25, 0.3) is 33.3 Å². The summed E-state index contributed by atoms with van der Waals surface area (Å²) in [4.78, 5) is 50.1. The number of hydrogen-bond acceptors (Lipinski definition) is 15. The van der Waals surface area contributed by atoms with E-state index in [0.717, 1.165) is 12.8 Å². The summed E-state index contributed by atoms with van der Waals surface area (Å²) in [6.45, 7) is 12.4. The van der Waals surface area contributed by atoms with Gasteiger partial charge >= 0.3 is 5.79 Å². The average Bonchev–Trinajstić information content (AvgIpc) is 3.52. The Morgan fingerprint density at radius 2 is 1.60 bits per heavy atom. The highest BCUT2D eigenvalue weighted by atomic mass is 16.7. The molecule has 0 unspecified atom stereocenters. The van der Waals surface area contributed by atoms with Crippen molar-refractivity contribution in [2.24, 2.45) is 29.4 Å². The van der Waals surface area contributed by atoms with Crippen LogP contribution in [0.2, 0.25) is 0 Å². The number of benzene rings is 3. The number of aromatic hydroxyl groups is 2. The number of fused-ring (bicyclic) bond motifs is 2. The minimum atomic E-state index is -2.05. The van der Waals surface area contributed by atoms with Crippen LogP contribution in [0, 0.1) is 30.6 Å². The molecule has 0 aromatic heterocycles. The molecular formula is C46H56N4O12. The van der Waals surface area contributed by atoms with E-state index >= 15 is 0 Å². The topological polar surface area (TPSA) is 247 Å². The van der Waals surface area contributed by atoms with Gasteiger partial charge in [0, 0.05) is 91.2 Å². The Hall–Kier alpha value is -5.52. The number of methoxy groups -OCH3 is 1. The Kier molecular flexibility index (Phi) is 12.2. The number of allylic oxidation sites excluding steroid dienone is 2. The van der Waals surface area contributed by atoms with Crippen molar-refractivity contribution in [3.63, 3.8) is 0 Å². The largest absolute Gasteiger partial charge is 0.507 e. The van der Waals surface area contributed by atoms with Crippen LogP contribution in [-0.4, -0.2) is 98.7 Å². The highest BCUT2D eigenvalue weighted by molar-refractivity contribution is 6.22. The number of aliphatic hydroxyl groups excluding tert-OH is 3. The smallest absolute Gasteiger partial charge is 0.312 e. The number of phenols is 2. The first-order chi connectivity index (χ1) is 29.3. The number of amides is 1. The number of carbonyl (C=O) groups excluding carboxylic acids is 2. The minimum absolute atomic E-state index is 0.0157. The van der Waals surface area contributed by atoms with Crippen molar-refractivity contribution >= 4 is 44.9 Å². The zero-order chi connectivity index (χ0) is 45.1. The van der Waals surface area contributed by atoms with Gasteiger partial charge in [-0.2, -0.15) is 0 Å². The molecule has 16 nitrogen and oxygen atoms in total. The zero-order valence-electron chi connectivity index (χ0n) is 36.1. The Morgan fingerprint density at radius 3 is 2.27 bits per heavy atom. The first-order valence-corrected chi connectivity index (χ1v) is 20.9. The molecule has 1 aliphatic carbocycles. The SMILES string of the molecule is CO[C@H]1/C=C/O[C@@]2(C)Oc3c(C)c(O)c4c(=O)c(c5oc6cc(N7CCC(N)CC7)cc(O)c6nc-5c4c3C2=O)NC(=O)/C(C)=C\C=C\[C@H](C)[C@H](O)[C@@H](C)[C@@H](O)[C@@H](C)[C@H](O)[C@@H]1C. The molecule has 0 spiro atoms. The van der Waals surface area contributed by atoms with Crippen molar-refractivity contribution in [3.8, 4) is 28.7 Å². The van der Waals surface area contributed by atoms with Crippen LogP contribution < -0.4 is 26.1 Å². The molecule has 9 atom stereocenters. The molecule has 1 fully saturated rings. The quantitative estimate of drug-likeness (QED) is 0.103. The fourth-order valence-electron chi connectivity index (χ4n) is 8.82. The van der Waals surface area contributed by atoms with Gasteiger partial charge < -0.3 is 60.1 Å². The maximum atomic E-state index is 14.7. The minimum Gasteiger partial charge on any atom is -0.507 e. The molecule has 8 N–H and O–H groups in total. The van der Waals surface area contributed by atoms with Crippen LogP contribution in [0.15, 0.2) is 57.5 Å². The molecule has 16 heteroatoms. The predicted octanol–water partition coefficient (Wildman–Crippen LogP) is 5.01. The van der Waals surface area contributed by atoms with E-state index in [-0.39, 0.29) is 73.3 Å². The van der Waals surface area contributed by atoms with Crippen LogP contribution in [0.3, 0.4) is 0 Å². The predicted molar refractivity (Wildman–Crippen MR) is 232 cm³/mol. The lowest BCUT2D eigenvalue weighted by atomic mass is 9.78. The molecule has 0 saturated carbocycles. The van der Waals surface area contributed by atoms with E-state index in [2.05, 4.69) is 5.32 Å². The normalized spacial score (nSPS) is 31.2. The number of carbonyl (C=O) groups is 2. The van der Waals surface area contributed by atoms with Gasteiger partial charge in [0.2, 0.25) is 5.43 Å². The lowest BCUT2D eigenvalue weighted by Gasteiger charge is -2.36. The van der Waals surface area contributed by atoms with Gasteiger partial charge in [-0.1, -0.05) is 45.9 Å². The summed E-state index contributed by atoms with van der Waals surface area (Å²) in [6.07, 6.45) is 4.83. The highest BCUT2D eigenvalue weighted by Gasteiger charge is 2.50. The van der Waals surface area contributed by atoms with E-state index < -0.39 is 76.7 Å². The molecule has 1 saturated heterocycles. The third-order valence-corrected chi connectivity index (χ3v) is 13.1. The number of nitrogens with zero attached hydrogens (tertiary/aromatic N) is 2. The molecule has 7 rings (SSSR count).